The quantitative estimate of drug-likeness (QED) is 0.566. The maximum atomic E-state index is 5.81. The summed E-state index contributed by atoms with van der Waals surface area (Å²) in [5.74, 6) is 1.97. The highest BCUT2D eigenvalue weighted by molar-refractivity contribution is 5.60. The van der Waals surface area contributed by atoms with E-state index in [1.54, 1.807) is 18.0 Å². The van der Waals surface area contributed by atoms with Crippen LogP contribution in [0.15, 0.2) is 77.5 Å². The molecule has 5 heteroatoms. The molecule has 5 nitrogen and oxygen atoms in total. The molecule has 0 unspecified atom stereocenters. The van der Waals surface area contributed by atoms with E-state index in [0.717, 1.165) is 22.6 Å². The fourth-order valence-corrected chi connectivity index (χ4v) is 2.45. The first-order valence-corrected chi connectivity index (χ1v) is 7.55. The van der Waals surface area contributed by atoms with E-state index >= 15 is 0 Å². The van der Waals surface area contributed by atoms with Gasteiger partial charge in [0, 0.05) is 17.3 Å². The number of rotatable bonds is 4. The van der Waals surface area contributed by atoms with Gasteiger partial charge in [-0.3, -0.25) is 0 Å². The van der Waals surface area contributed by atoms with E-state index in [-0.39, 0.29) is 0 Å². The molecule has 4 aromatic rings. The van der Waals surface area contributed by atoms with Gasteiger partial charge in [0.2, 0.25) is 11.8 Å². The zero-order valence-electron chi connectivity index (χ0n) is 13.1. The zero-order valence-corrected chi connectivity index (χ0v) is 13.1. The lowest BCUT2D eigenvalue weighted by Gasteiger charge is -2.00. The van der Waals surface area contributed by atoms with Gasteiger partial charge in [-0.25, -0.2) is 9.67 Å². The summed E-state index contributed by atoms with van der Waals surface area (Å²) in [6, 6.07) is 19.5. The topological polar surface area (TPSA) is 53.1 Å². The van der Waals surface area contributed by atoms with E-state index in [4.69, 9.17) is 9.15 Å². The third-order valence-corrected chi connectivity index (χ3v) is 3.71. The highest BCUT2D eigenvalue weighted by Crippen LogP contribution is 2.23. The molecule has 0 aliphatic rings. The first kappa shape index (κ1) is 14.3. The summed E-state index contributed by atoms with van der Waals surface area (Å²) in [4.78, 5) is 4.32. The number of benzene rings is 2. The van der Waals surface area contributed by atoms with Crippen molar-refractivity contribution in [3.63, 3.8) is 0 Å². The van der Waals surface area contributed by atoms with Crippen molar-refractivity contribution in [3.8, 4) is 34.3 Å². The molecule has 0 fully saturated rings. The predicted octanol–water partition coefficient (Wildman–Crippen LogP) is 4.20. The molecule has 0 N–H and O–H groups in total. The molecule has 0 amide bonds. The molecular weight excluding hydrogens is 302 g/mol. The second-order valence-electron chi connectivity index (χ2n) is 5.24. The van der Waals surface area contributed by atoms with Gasteiger partial charge in [-0.2, -0.15) is 5.10 Å². The summed E-state index contributed by atoms with van der Waals surface area (Å²) in [6.45, 7) is 0. The number of aromatic nitrogens is 3. The van der Waals surface area contributed by atoms with Crippen LogP contribution in [-0.4, -0.2) is 21.9 Å². The summed E-state index contributed by atoms with van der Waals surface area (Å²) in [5.41, 5.74) is 2.80. The normalized spacial score (nSPS) is 10.7. The molecule has 118 valence electrons. The summed E-state index contributed by atoms with van der Waals surface area (Å²) >= 11 is 0. The van der Waals surface area contributed by atoms with Crippen molar-refractivity contribution in [2.45, 2.75) is 0 Å². The smallest absolute Gasteiger partial charge is 0.241 e. The molecule has 0 aliphatic carbocycles. The van der Waals surface area contributed by atoms with Gasteiger partial charge < -0.3 is 9.15 Å². The number of oxazole rings is 1. The van der Waals surface area contributed by atoms with Crippen LogP contribution >= 0.6 is 0 Å². The molecule has 0 radical (unpaired) electrons. The van der Waals surface area contributed by atoms with Crippen molar-refractivity contribution in [1.82, 2.24) is 14.8 Å². The van der Waals surface area contributed by atoms with E-state index in [2.05, 4.69) is 10.1 Å². The van der Waals surface area contributed by atoms with E-state index in [9.17, 15) is 0 Å². The highest BCUT2D eigenvalue weighted by Gasteiger charge is 2.10. The summed E-state index contributed by atoms with van der Waals surface area (Å²) < 4.78 is 12.7. The number of hydrogen-bond acceptors (Lipinski definition) is 4. The van der Waals surface area contributed by atoms with Crippen molar-refractivity contribution in [2.24, 2.45) is 0 Å². The first-order valence-electron chi connectivity index (χ1n) is 7.55. The van der Waals surface area contributed by atoms with Crippen molar-refractivity contribution in [3.05, 3.63) is 73.1 Å². The maximum absolute atomic E-state index is 5.81. The minimum absolute atomic E-state index is 0.576. The molecule has 0 spiro atoms. The van der Waals surface area contributed by atoms with E-state index in [1.165, 1.54) is 0 Å². The lowest BCUT2D eigenvalue weighted by atomic mass is 10.1. The van der Waals surface area contributed by atoms with Crippen LogP contribution in [0.1, 0.15) is 0 Å². The Kier molecular flexibility index (Phi) is 3.59. The van der Waals surface area contributed by atoms with E-state index in [0.29, 0.717) is 11.8 Å². The van der Waals surface area contributed by atoms with Gasteiger partial charge in [0.15, 0.2) is 0 Å². The van der Waals surface area contributed by atoms with Gasteiger partial charge in [-0.15, -0.1) is 0 Å². The van der Waals surface area contributed by atoms with Gasteiger partial charge in [0.05, 0.1) is 19.0 Å². The minimum Gasteiger partial charge on any atom is -0.497 e. The summed E-state index contributed by atoms with van der Waals surface area (Å²) in [7, 11) is 1.65. The zero-order chi connectivity index (χ0) is 16.4. The van der Waals surface area contributed by atoms with Gasteiger partial charge in [-0.1, -0.05) is 18.2 Å². The van der Waals surface area contributed by atoms with Crippen LogP contribution in [0.4, 0.5) is 0 Å². The molecule has 24 heavy (non-hydrogen) atoms. The molecule has 0 atom stereocenters. The Balaban J connectivity index is 1.62. The average Bonchev–Trinajstić information content (AvgIpc) is 3.32. The van der Waals surface area contributed by atoms with Gasteiger partial charge in [0.25, 0.3) is 0 Å². The second-order valence-corrected chi connectivity index (χ2v) is 5.24. The average molecular weight is 317 g/mol. The van der Waals surface area contributed by atoms with Crippen LogP contribution in [0.5, 0.6) is 5.75 Å². The van der Waals surface area contributed by atoms with Gasteiger partial charge in [-0.05, 0) is 42.5 Å². The van der Waals surface area contributed by atoms with Crippen LogP contribution in [0, 0.1) is 0 Å². The number of nitrogens with zero attached hydrogens (tertiary/aromatic N) is 3. The fraction of sp³-hybridized carbons (Fsp3) is 0.0526. The van der Waals surface area contributed by atoms with Crippen LogP contribution < -0.4 is 4.74 Å². The Morgan fingerprint density at radius 2 is 1.71 bits per heavy atom. The fourth-order valence-electron chi connectivity index (χ4n) is 2.45. The van der Waals surface area contributed by atoms with Gasteiger partial charge in [0.1, 0.15) is 5.75 Å². The van der Waals surface area contributed by atoms with Crippen molar-refractivity contribution >= 4 is 0 Å². The molecule has 0 aliphatic heterocycles. The Morgan fingerprint density at radius 3 is 2.46 bits per heavy atom. The molecular formula is C19H15N3O2. The Morgan fingerprint density at radius 1 is 0.917 bits per heavy atom. The SMILES string of the molecule is COc1ccc(-c2ccn(-c3cnc(-c4ccccc4)o3)n2)cc1. The standard InChI is InChI=1S/C19H15N3O2/c1-23-16-9-7-14(8-10-16)17-11-12-22(21-17)18-13-20-19(24-18)15-5-3-2-4-6-15/h2-13H,1H3. The number of hydrogen-bond donors (Lipinski definition) is 0. The van der Waals surface area contributed by atoms with Crippen LogP contribution in [0.25, 0.3) is 28.6 Å². The molecule has 0 saturated heterocycles. The number of ether oxygens (including phenoxy) is 1. The third kappa shape index (κ3) is 2.67. The van der Waals surface area contributed by atoms with E-state index < -0.39 is 0 Å². The van der Waals surface area contributed by atoms with Crippen molar-refractivity contribution < 1.29 is 9.15 Å². The number of methoxy groups -OCH3 is 1. The van der Waals surface area contributed by atoms with E-state index in [1.807, 2.05) is 66.9 Å². The summed E-state index contributed by atoms with van der Waals surface area (Å²) in [5, 5.41) is 4.56. The minimum atomic E-state index is 0.576. The molecule has 2 aromatic heterocycles. The predicted molar refractivity (Wildman–Crippen MR) is 91.0 cm³/mol. The first-order chi connectivity index (χ1) is 11.8. The van der Waals surface area contributed by atoms with Crippen LogP contribution in [0.3, 0.4) is 0 Å². The lowest BCUT2D eigenvalue weighted by Crippen LogP contribution is -1.92. The third-order valence-electron chi connectivity index (χ3n) is 3.71. The van der Waals surface area contributed by atoms with Gasteiger partial charge >= 0.3 is 0 Å². The van der Waals surface area contributed by atoms with Crippen molar-refractivity contribution in [2.75, 3.05) is 7.11 Å². The van der Waals surface area contributed by atoms with Crippen molar-refractivity contribution in [1.29, 1.82) is 0 Å². The molecule has 2 heterocycles. The Hall–Kier alpha value is -3.34. The van der Waals surface area contributed by atoms with Crippen LogP contribution in [0.2, 0.25) is 0 Å². The maximum Gasteiger partial charge on any atom is 0.241 e. The van der Waals surface area contributed by atoms with Crippen LogP contribution in [-0.2, 0) is 0 Å². The highest BCUT2D eigenvalue weighted by atomic mass is 16.5. The molecule has 2 aromatic carbocycles. The molecule has 0 bridgehead atoms. The largest absolute Gasteiger partial charge is 0.497 e. The monoisotopic (exact) mass is 317 g/mol. The molecule has 4 rings (SSSR count). The Labute approximate surface area is 139 Å². The lowest BCUT2D eigenvalue weighted by molar-refractivity contribution is 0.415. The Bertz CT molecular complexity index is 940. The summed E-state index contributed by atoms with van der Waals surface area (Å²) in [6.07, 6.45) is 3.53. The second kappa shape index (κ2) is 6.04. The molecule has 0 saturated carbocycles.